The zero-order valence-corrected chi connectivity index (χ0v) is 10.5. The number of carbonyl (C=O) groups is 1. The third kappa shape index (κ3) is 3.31. The lowest BCUT2D eigenvalue weighted by Crippen LogP contribution is -2.28. The van der Waals surface area contributed by atoms with E-state index in [1.54, 1.807) is 0 Å². The van der Waals surface area contributed by atoms with Crippen molar-refractivity contribution in [3.05, 3.63) is 65.2 Å². The number of amides is 1. The van der Waals surface area contributed by atoms with E-state index in [1.807, 2.05) is 0 Å². The zero-order chi connectivity index (χ0) is 15.6. The van der Waals surface area contributed by atoms with Gasteiger partial charge in [0.15, 0.2) is 11.6 Å². The van der Waals surface area contributed by atoms with Crippen LogP contribution in [0, 0.1) is 23.3 Å². The fraction of sp³-hybridized carbons (Fsp3) is 0.0714. The van der Waals surface area contributed by atoms with Crippen LogP contribution in [0.15, 0.2) is 36.4 Å². The number of rotatable bonds is 4. The molecule has 0 aromatic heterocycles. The number of primary amides is 1. The average molecular weight is 298 g/mol. The molecule has 0 spiro atoms. The first-order chi connectivity index (χ1) is 9.88. The molecule has 1 unspecified atom stereocenters. The summed E-state index contributed by atoms with van der Waals surface area (Å²) in [6.07, 6.45) is 0. The summed E-state index contributed by atoms with van der Waals surface area (Å²) in [5.74, 6) is -5.45. The molecular formula is C14H10F4N2O. The highest BCUT2D eigenvalue weighted by Crippen LogP contribution is 2.24. The summed E-state index contributed by atoms with van der Waals surface area (Å²) in [7, 11) is 0. The Balaban J connectivity index is 2.40. The first kappa shape index (κ1) is 14.8. The van der Waals surface area contributed by atoms with Gasteiger partial charge in [-0.2, -0.15) is 0 Å². The first-order valence-electron chi connectivity index (χ1n) is 5.84. The second-order valence-electron chi connectivity index (χ2n) is 4.28. The summed E-state index contributed by atoms with van der Waals surface area (Å²) in [5, 5.41) is 2.48. The van der Waals surface area contributed by atoms with Crippen LogP contribution >= 0.6 is 0 Å². The summed E-state index contributed by atoms with van der Waals surface area (Å²) >= 11 is 0. The predicted octanol–water partition coefficient (Wildman–Crippen LogP) is 2.88. The molecule has 0 aliphatic rings. The van der Waals surface area contributed by atoms with Crippen LogP contribution in [0.2, 0.25) is 0 Å². The van der Waals surface area contributed by atoms with Gasteiger partial charge >= 0.3 is 0 Å². The van der Waals surface area contributed by atoms with Gasteiger partial charge in [0.25, 0.3) is 0 Å². The lowest BCUT2D eigenvalue weighted by molar-refractivity contribution is -0.118. The van der Waals surface area contributed by atoms with Crippen molar-refractivity contribution in [1.82, 2.24) is 0 Å². The highest BCUT2D eigenvalue weighted by atomic mass is 19.2. The van der Waals surface area contributed by atoms with Gasteiger partial charge in [-0.05, 0) is 24.3 Å². The molecule has 0 aliphatic heterocycles. The Morgan fingerprint density at radius 2 is 1.67 bits per heavy atom. The highest BCUT2D eigenvalue weighted by Gasteiger charge is 2.23. The lowest BCUT2D eigenvalue weighted by atomic mass is 10.0. The molecule has 2 aromatic carbocycles. The van der Waals surface area contributed by atoms with Crippen LogP contribution in [0.3, 0.4) is 0 Å². The smallest absolute Gasteiger partial charge is 0.244 e. The Morgan fingerprint density at radius 1 is 1.00 bits per heavy atom. The van der Waals surface area contributed by atoms with Crippen LogP contribution in [0.5, 0.6) is 0 Å². The van der Waals surface area contributed by atoms with E-state index < -0.39 is 40.8 Å². The molecule has 0 saturated carbocycles. The van der Waals surface area contributed by atoms with E-state index in [0.29, 0.717) is 12.1 Å². The van der Waals surface area contributed by atoms with Crippen molar-refractivity contribution in [2.24, 2.45) is 5.73 Å². The van der Waals surface area contributed by atoms with Crippen LogP contribution < -0.4 is 11.1 Å². The number of anilines is 1. The minimum Gasteiger partial charge on any atom is -0.370 e. The number of hydrogen-bond donors (Lipinski definition) is 2. The summed E-state index contributed by atoms with van der Waals surface area (Å²) < 4.78 is 52.9. The van der Waals surface area contributed by atoms with Crippen LogP contribution in [0.1, 0.15) is 11.6 Å². The Kier molecular flexibility index (Phi) is 4.11. The Bertz CT molecular complexity index is 691. The molecule has 1 atom stereocenters. The summed E-state index contributed by atoms with van der Waals surface area (Å²) in [6, 6.07) is 4.37. The molecule has 0 aliphatic carbocycles. The number of nitrogens with two attached hydrogens (primary N) is 1. The molecule has 21 heavy (non-hydrogen) atoms. The van der Waals surface area contributed by atoms with Crippen molar-refractivity contribution >= 4 is 11.6 Å². The number of hydrogen-bond acceptors (Lipinski definition) is 2. The maximum Gasteiger partial charge on any atom is 0.244 e. The van der Waals surface area contributed by atoms with Crippen molar-refractivity contribution < 1.29 is 22.4 Å². The summed E-state index contributed by atoms with van der Waals surface area (Å²) in [6.45, 7) is 0. The number of benzene rings is 2. The number of halogens is 4. The second kappa shape index (κ2) is 5.82. The van der Waals surface area contributed by atoms with Crippen LogP contribution in [0.25, 0.3) is 0 Å². The summed E-state index contributed by atoms with van der Waals surface area (Å²) in [5.41, 5.74) is 4.81. The fourth-order valence-electron chi connectivity index (χ4n) is 1.81. The quantitative estimate of drug-likeness (QED) is 0.673. The molecule has 3 nitrogen and oxygen atoms in total. The molecule has 1 amide bonds. The van der Waals surface area contributed by atoms with Gasteiger partial charge in [-0.1, -0.05) is 6.07 Å². The molecule has 110 valence electrons. The van der Waals surface area contributed by atoms with Gasteiger partial charge in [0.05, 0.1) is 0 Å². The SMILES string of the molecule is NC(=O)C(Nc1cccc(F)c1)c1cc(F)c(F)cc1F. The van der Waals surface area contributed by atoms with E-state index in [1.165, 1.54) is 18.2 Å². The fourth-order valence-corrected chi connectivity index (χ4v) is 1.81. The van der Waals surface area contributed by atoms with Gasteiger partial charge in [-0.15, -0.1) is 0 Å². The normalized spacial score (nSPS) is 12.0. The van der Waals surface area contributed by atoms with Crippen molar-refractivity contribution in [2.45, 2.75) is 6.04 Å². The van der Waals surface area contributed by atoms with Crippen LogP contribution in [0.4, 0.5) is 23.2 Å². The lowest BCUT2D eigenvalue weighted by Gasteiger charge is -2.18. The molecule has 0 radical (unpaired) electrons. The molecule has 3 N–H and O–H groups in total. The topological polar surface area (TPSA) is 55.1 Å². The van der Waals surface area contributed by atoms with Crippen molar-refractivity contribution in [1.29, 1.82) is 0 Å². The molecule has 0 heterocycles. The Hall–Kier alpha value is -2.57. The molecule has 0 bridgehead atoms. The van der Waals surface area contributed by atoms with Gasteiger partial charge < -0.3 is 11.1 Å². The molecule has 2 aromatic rings. The summed E-state index contributed by atoms with van der Waals surface area (Å²) in [4.78, 5) is 11.4. The monoisotopic (exact) mass is 298 g/mol. The van der Waals surface area contributed by atoms with Gasteiger partial charge in [0, 0.05) is 17.3 Å². The predicted molar refractivity (Wildman–Crippen MR) is 68.3 cm³/mol. The van der Waals surface area contributed by atoms with E-state index >= 15 is 0 Å². The molecule has 0 fully saturated rings. The maximum atomic E-state index is 13.7. The van der Waals surface area contributed by atoms with Crippen LogP contribution in [-0.2, 0) is 4.79 Å². The highest BCUT2D eigenvalue weighted by molar-refractivity contribution is 5.84. The standard InChI is InChI=1S/C14H10F4N2O/c15-7-2-1-3-8(4-7)20-13(14(19)21)9-5-11(17)12(18)6-10(9)16/h1-6,13,20H,(H2,19,21). The van der Waals surface area contributed by atoms with E-state index in [2.05, 4.69) is 5.32 Å². The largest absolute Gasteiger partial charge is 0.370 e. The Morgan fingerprint density at radius 3 is 2.29 bits per heavy atom. The molecule has 7 heteroatoms. The zero-order valence-electron chi connectivity index (χ0n) is 10.5. The van der Waals surface area contributed by atoms with Crippen molar-refractivity contribution in [3.63, 3.8) is 0 Å². The third-order valence-electron chi connectivity index (χ3n) is 2.77. The minimum absolute atomic E-state index is 0.142. The number of carbonyl (C=O) groups excluding carboxylic acids is 1. The van der Waals surface area contributed by atoms with Crippen molar-refractivity contribution in [2.75, 3.05) is 5.32 Å². The van der Waals surface area contributed by atoms with E-state index in [4.69, 9.17) is 5.73 Å². The number of nitrogens with one attached hydrogen (secondary N) is 1. The molecule has 2 rings (SSSR count). The van der Waals surface area contributed by atoms with Crippen molar-refractivity contribution in [3.8, 4) is 0 Å². The average Bonchev–Trinajstić information content (AvgIpc) is 2.40. The van der Waals surface area contributed by atoms with E-state index in [0.717, 1.165) is 6.07 Å². The minimum atomic E-state index is -1.47. The van der Waals surface area contributed by atoms with Gasteiger partial charge in [0.1, 0.15) is 17.7 Å². The van der Waals surface area contributed by atoms with E-state index in [9.17, 15) is 22.4 Å². The maximum absolute atomic E-state index is 13.7. The molecule has 0 saturated heterocycles. The van der Waals surface area contributed by atoms with Gasteiger partial charge in [0.2, 0.25) is 5.91 Å². The van der Waals surface area contributed by atoms with E-state index in [-0.39, 0.29) is 5.69 Å². The molecular weight excluding hydrogens is 288 g/mol. The van der Waals surface area contributed by atoms with Gasteiger partial charge in [-0.25, -0.2) is 17.6 Å². The third-order valence-corrected chi connectivity index (χ3v) is 2.77. The first-order valence-corrected chi connectivity index (χ1v) is 5.84. The van der Waals surface area contributed by atoms with Gasteiger partial charge in [-0.3, -0.25) is 4.79 Å². The van der Waals surface area contributed by atoms with Crippen LogP contribution in [-0.4, -0.2) is 5.91 Å². The Labute approximate surface area is 117 Å². The second-order valence-corrected chi connectivity index (χ2v) is 4.28.